The Balaban J connectivity index is 1.25. The van der Waals surface area contributed by atoms with Crippen LogP contribution in [0, 0.1) is 5.92 Å². The van der Waals surface area contributed by atoms with Crippen LogP contribution < -0.4 is 10.6 Å². The van der Waals surface area contributed by atoms with Crippen molar-refractivity contribution in [3.8, 4) is 11.1 Å². The largest absolute Gasteiger partial charge is 0.481 e. The normalized spacial score (nSPS) is 12.4. The maximum Gasteiger partial charge on any atom is 0.304 e. The standard InChI is InChI=1S/C38H39N3O4/c42-36(43)25-31(18-10-14-28-13-9-17-30(23-28)29-15-5-2-6-16-29)37(44)41-35(24-32-26-40-34-20-8-7-19-33(32)34)38(45)39-22-21-27-11-3-1-4-12-27/h1-9,11-13,15-17,19-20,23,26,31,35,40H,10,14,18,21-22,24-25H2,(H,39,45)(H,41,44)(H,42,43)/t31-,35+/m1/s1. The zero-order valence-corrected chi connectivity index (χ0v) is 25.2. The second-order valence-corrected chi connectivity index (χ2v) is 11.4. The summed E-state index contributed by atoms with van der Waals surface area (Å²) in [5, 5.41) is 16.5. The predicted octanol–water partition coefficient (Wildman–Crippen LogP) is 6.33. The number of aromatic nitrogens is 1. The summed E-state index contributed by atoms with van der Waals surface area (Å²) >= 11 is 0. The number of aromatic amines is 1. The maximum atomic E-state index is 13.6. The number of fused-ring (bicyclic) bond motifs is 1. The molecule has 1 heterocycles. The van der Waals surface area contributed by atoms with Crippen molar-refractivity contribution < 1.29 is 19.5 Å². The molecule has 4 aromatic carbocycles. The van der Waals surface area contributed by atoms with E-state index in [-0.39, 0.29) is 18.7 Å². The topological polar surface area (TPSA) is 111 Å². The third kappa shape index (κ3) is 8.92. The Morgan fingerprint density at radius 2 is 1.42 bits per heavy atom. The van der Waals surface area contributed by atoms with Gasteiger partial charge in [0.25, 0.3) is 0 Å². The number of aliphatic carboxylic acids is 1. The molecule has 0 saturated heterocycles. The van der Waals surface area contributed by atoms with Crippen LogP contribution in [0.1, 0.15) is 36.0 Å². The maximum absolute atomic E-state index is 13.6. The van der Waals surface area contributed by atoms with Crippen LogP contribution in [0.4, 0.5) is 0 Å². The molecular weight excluding hydrogens is 562 g/mol. The summed E-state index contributed by atoms with van der Waals surface area (Å²) in [6.07, 6.45) is 4.24. The Labute approximate surface area is 263 Å². The molecule has 45 heavy (non-hydrogen) atoms. The molecule has 2 amide bonds. The number of nitrogens with one attached hydrogen (secondary N) is 3. The van der Waals surface area contributed by atoms with E-state index in [1.54, 1.807) is 0 Å². The molecule has 5 aromatic rings. The van der Waals surface area contributed by atoms with Gasteiger partial charge in [0.05, 0.1) is 6.42 Å². The van der Waals surface area contributed by atoms with Crippen molar-refractivity contribution in [3.05, 3.63) is 132 Å². The van der Waals surface area contributed by atoms with Crippen molar-refractivity contribution in [1.82, 2.24) is 15.6 Å². The Kier molecular flexibility index (Phi) is 10.8. The molecule has 0 aliphatic heterocycles. The number of carbonyl (C=O) groups is 3. The minimum atomic E-state index is -1.04. The van der Waals surface area contributed by atoms with E-state index in [9.17, 15) is 19.5 Å². The zero-order chi connectivity index (χ0) is 31.4. The minimum absolute atomic E-state index is 0.277. The molecule has 0 aliphatic rings. The first-order chi connectivity index (χ1) is 22.0. The number of amides is 2. The van der Waals surface area contributed by atoms with E-state index in [1.807, 2.05) is 85.1 Å². The number of rotatable bonds is 15. The monoisotopic (exact) mass is 601 g/mol. The van der Waals surface area contributed by atoms with E-state index in [0.717, 1.165) is 38.7 Å². The summed E-state index contributed by atoms with van der Waals surface area (Å²) in [5.41, 5.74) is 6.33. The van der Waals surface area contributed by atoms with E-state index >= 15 is 0 Å². The fourth-order valence-electron chi connectivity index (χ4n) is 5.74. The van der Waals surface area contributed by atoms with Gasteiger partial charge in [0, 0.05) is 36.0 Å². The van der Waals surface area contributed by atoms with Gasteiger partial charge in [-0.2, -0.15) is 0 Å². The molecule has 0 saturated carbocycles. The summed E-state index contributed by atoms with van der Waals surface area (Å²) in [7, 11) is 0. The van der Waals surface area contributed by atoms with Crippen LogP contribution in [0.25, 0.3) is 22.0 Å². The summed E-state index contributed by atoms with van der Waals surface area (Å²) in [6.45, 7) is 0.420. The quantitative estimate of drug-likeness (QED) is 0.112. The van der Waals surface area contributed by atoms with E-state index < -0.39 is 23.8 Å². The van der Waals surface area contributed by atoms with Crippen LogP contribution >= 0.6 is 0 Å². The van der Waals surface area contributed by atoms with E-state index in [2.05, 4.69) is 45.9 Å². The number of carboxylic acid groups (broad SMARTS) is 1. The van der Waals surface area contributed by atoms with Gasteiger partial charge in [0.1, 0.15) is 6.04 Å². The van der Waals surface area contributed by atoms with E-state index in [1.165, 1.54) is 0 Å². The van der Waals surface area contributed by atoms with E-state index in [0.29, 0.717) is 32.2 Å². The van der Waals surface area contributed by atoms with Crippen LogP contribution in [0.15, 0.2) is 115 Å². The number of hydrogen-bond donors (Lipinski definition) is 4. The molecule has 4 N–H and O–H groups in total. The molecule has 5 rings (SSSR count). The lowest BCUT2D eigenvalue weighted by Crippen LogP contribution is -2.50. The lowest BCUT2D eigenvalue weighted by molar-refractivity contribution is -0.141. The lowest BCUT2D eigenvalue weighted by Gasteiger charge is -2.22. The molecule has 7 heteroatoms. The first-order valence-electron chi connectivity index (χ1n) is 15.5. The molecule has 7 nitrogen and oxygen atoms in total. The van der Waals surface area contributed by atoms with Crippen molar-refractivity contribution >= 4 is 28.7 Å². The van der Waals surface area contributed by atoms with Crippen molar-refractivity contribution in [2.45, 2.75) is 44.6 Å². The van der Waals surface area contributed by atoms with Gasteiger partial charge >= 0.3 is 5.97 Å². The highest BCUT2D eigenvalue weighted by atomic mass is 16.4. The number of aryl methyl sites for hydroxylation is 1. The smallest absolute Gasteiger partial charge is 0.304 e. The van der Waals surface area contributed by atoms with Gasteiger partial charge < -0.3 is 20.7 Å². The Morgan fingerprint density at radius 3 is 2.20 bits per heavy atom. The molecule has 0 unspecified atom stereocenters. The number of H-pyrrole nitrogens is 1. The van der Waals surface area contributed by atoms with Crippen LogP contribution in [-0.2, 0) is 33.6 Å². The minimum Gasteiger partial charge on any atom is -0.481 e. The Morgan fingerprint density at radius 1 is 0.733 bits per heavy atom. The van der Waals surface area contributed by atoms with Crippen LogP contribution in [0.3, 0.4) is 0 Å². The Bertz CT molecular complexity index is 1720. The number of carboxylic acids is 1. The average Bonchev–Trinajstić information content (AvgIpc) is 3.47. The summed E-state index contributed by atoms with van der Waals surface area (Å²) in [6, 6.07) is 35.2. The van der Waals surface area contributed by atoms with Crippen LogP contribution in [-0.4, -0.2) is 40.5 Å². The second kappa shape index (κ2) is 15.5. The van der Waals surface area contributed by atoms with Crippen LogP contribution in [0.5, 0.6) is 0 Å². The van der Waals surface area contributed by atoms with Gasteiger partial charge in [0.15, 0.2) is 0 Å². The highest BCUT2D eigenvalue weighted by Gasteiger charge is 2.28. The van der Waals surface area contributed by atoms with Gasteiger partial charge in [-0.05, 0) is 59.6 Å². The van der Waals surface area contributed by atoms with Crippen molar-refractivity contribution in [2.24, 2.45) is 5.92 Å². The molecule has 0 radical (unpaired) electrons. The van der Waals surface area contributed by atoms with E-state index in [4.69, 9.17) is 0 Å². The Hall–Kier alpha value is -5.17. The van der Waals surface area contributed by atoms with Gasteiger partial charge in [-0.1, -0.05) is 103 Å². The first kappa shape index (κ1) is 31.3. The molecule has 0 fully saturated rings. The third-order valence-electron chi connectivity index (χ3n) is 8.13. The first-order valence-corrected chi connectivity index (χ1v) is 15.5. The number of benzene rings is 4. The van der Waals surface area contributed by atoms with Gasteiger partial charge in [-0.3, -0.25) is 14.4 Å². The third-order valence-corrected chi connectivity index (χ3v) is 8.13. The van der Waals surface area contributed by atoms with Gasteiger partial charge in [-0.25, -0.2) is 0 Å². The molecule has 2 atom stereocenters. The summed E-state index contributed by atoms with van der Waals surface area (Å²) in [5.74, 6) is -2.51. The van der Waals surface area contributed by atoms with Crippen molar-refractivity contribution in [2.75, 3.05) is 6.54 Å². The number of carbonyl (C=O) groups excluding carboxylic acids is 2. The SMILES string of the molecule is O=C(O)C[C@@H](CCCc1cccc(-c2ccccc2)c1)C(=O)N[C@@H](Cc1c[nH]c2ccccc12)C(=O)NCCc1ccccc1. The molecule has 1 aromatic heterocycles. The van der Waals surface area contributed by atoms with Gasteiger partial charge in [-0.15, -0.1) is 0 Å². The fraction of sp³-hybridized carbons (Fsp3) is 0.237. The van der Waals surface area contributed by atoms with Crippen LogP contribution in [0.2, 0.25) is 0 Å². The molecule has 0 bridgehead atoms. The molecule has 0 aliphatic carbocycles. The highest BCUT2D eigenvalue weighted by Crippen LogP contribution is 2.23. The zero-order valence-electron chi connectivity index (χ0n) is 25.2. The lowest BCUT2D eigenvalue weighted by atomic mass is 9.94. The number of hydrogen-bond acceptors (Lipinski definition) is 3. The predicted molar refractivity (Wildman–Crippen MR) is 178 cm³/mol. The molecule has 230 valence electrons. The summed E-state index contributed by atoms with van der Waals surface area (Å²) < 4.78 is 0. The van der Waals surface area contributed by atoms with Crippen molar-refractivity contribution in [3.63, 3.8) is 0 Å². The van der Waals surface area contributed by atoms with Crippen molar-refractivity contribution in [1.29, 1.82) is 0 Å². The fourth-order valence-corrected chi connectivity index (χ4v) is 5.74. The highest BCUT2D eigenvalue weighted by molar-refractivity contribution is 5.91. The molecular formula is C38H39N3O4. The van der Waals surface area contributed by atoms with Gasteiger partial charge in [0.2, 0.25) is 11.8 Å². The summed E-state index contributed by atoms with van der Waals surface area (Å²) in [4.78, 5) is 42.1. The number of para-hydroxylation sites is 1. The molecule has 0 spiro atoms. The second-order valence-electron chi connectivity index (χ2n) is 11.4. The average molecular weight is 602 g/mol.